The number of hydrogen-bond donors (Lipinski definition) is 0. The molecule has 1 heterocycles. The van der Waals surface area contributed by atoms with Gasteiger partial charge in [0.25, 0.3) is 0 Å². The molecule has 0 unspecified atom stereocenters. The summed E-state index contributed by atoms with van der Waals surface area (Å²) < 4.78 is 0. The third kappa shape index (κ3) is 3.88. The van der Waals surface area contributed by atoms with Crippen molar-refractivity contribution >= 4 is 43.1 Å². The molecular formula is C39H26N2. The molecular weight excluding hydrogens is 496 g/mol. The molecule has 0 spiro atoms. The fourth-order valence-corrected chi connectivity index (χ4v) is 6.33. The second kappa shape index (κ2) is 9.39. The van der Waals surface area contributed by atoms with Crippen LogP contribution in [0, 0.1) is 6.92 Å². The third-order valence-corrected chi connectivity index (χ3v) is 8.32. The Morgan fingerprint density at radius 1 is 0.439 bits per heavy atom. The number of rotatable bonds is 3. The molecule has 0 fully saturated rings. The molecule has 0 amide bonds. The first-order chi connectivity index (χ1) is 20.2. The van der Waals surface area contributed by atoms with E-state index in [1.54, 1.807) is 6.33 Å². The van der Waals surface area contributed by atoms with Gasteiger partial charge in [-0.25, -0.2) is 9.97 Å². The summed E-state index contributed by atoms with van der Waals surface area (Å²) in [6.07, 6.45) is 3.54. The minimum Gasteiger partial charge on any atom is -0.244 e. The number of benzene rings is 7. The number of nitrogens with zero attached hydrogens (tertiary/aromatic N) is 2. The number of aromatic nitrogens is 2. The molecule has 0 N–H and O–H groups in total. The maximum Gasteiger partial charge on any atom is 0.115 e. The monoisotopic (exact) mass is 522 g/mol. The van der Waals surface area contributed by atoms with Crippen molar-refractivity contribution < 1.29 is 0 Å². The van der Waals surface area contributed by atoms with Gasteiger partial charge in [-0.15, -0.1) is 0 Å². The van der Waals surface area contributed by atoms with Crippen molar-refractivity contribution in [3.63, 3.8) is 0 Å². The van der Waals surface area contributed by atoms with E-state index in [-0.39, 0.29) is 0 Å². The molecule has 0 saturated heterocycles. The molecule has 0 bridgehead atoms. The van der Waals surface area contributed by atoms with Crippen LogP contribution in [0.5, 0.6) is 0 Å². The number of fused-ring (bicyclic) bond motifs is 4. The summed E-state index contributed by atoms with van der Waals surface area (Å²) in [7, 11) is 0. The van der Waals surface area contributed by atoms with E-state index < -0.39 is 0 Å². The number of aryl methyl sites for hydroxylation is 1. The molecule has 0 aliphatic rings. The SMILES string of the molecule is Cc1ncncc1-c1ccc2c(-c3ccc4ccccc4c3)c3ccccc3c(-c3ccc4ccccc4c3)c2c1. The Kier molecular flexibility index (Phi) is 5.39. The summed E-state index contributed by atoms with van der Waals surface area (Å²) in [4.78, 5) is 8.83. The zero-order valence-electron chi connectivity index (χ0n) is 22.7. The lowest BCUT2D eigenvalue weighted by atomic mass is 9.84. The smallest absolute Gasteiger partial charge is 0.115 e. The van der Waals surface area contributed by atoms with Crippen LogP contribution in [0.3, 0.4) is 0 Å². The van der Waals surface area contributed by atoms with Gasteiger partial charge in [0.2, 0.25) is 0 Å². The molecule has 0 saturated carbocycles. The van der Waals surface area contributed by atoms with Crippen molar-refractivity contribution in [1.82, 2.24) is 9.97 Å². The van der Waals surface area contributed by atoms with E-state index in [2.05, 4.69) is 137 Å². The van der Waals surface area contributed by atoms with E-state index in [0.29, 0.717) is 0 Å². The highest BCUT2D eigenvalue weighted by Crippen LogP contribution is 2.45. The maximum absolute atomic E-state index is 4.48. The standard InChI is InChI=1S/C39H26N2/c1-25-37(23-40-24-41-25)30-18-19-35-36(22-30)39(32-17-15-27-9-3-5-11-29(27)21-32)34-13-7-6-12-33(34)38(35)31-16-14-26-8-2-4-10-28(26)20-31/h2-24H,1H3. The van der Waals surface area contributed by atoms with Gasteiger partial charge in [0.05, 0.1) is 0 Å². The topological polar surface area (TPSA) is 25.8 Å². The quantitative estimate of drug-likeness (QED) is 0.216. The molecule has 192 valence electrons. The van der Waals surface area contributed by atoms with Crippen molar-refractivity contribution in [3.05, 3.63) is 146 Å². The highest BCUT2D eigenvalue weighted by atomic mass is 14.8. The fraction of sp³-hybridized carbons (Fsp3) is 0.0256. The van der Waals surface area contributed by atoms with Gasteiger partial charge < -0.3 is 0 Å². The van der Waals surface area contributed by atoms with Crippen molar-refractivity contribution in [2.24, 2.45) is 0 Å². The highest BCUT2D eigenvalue weighted by molar-refractivity contribution is 6.22. The average molecular weight is 523 g/mol. The average Bonchev–Trinajstić information content (AvgIpc) is 3.03. The molecule has 2 nitrogen and oxygen atoms in total. The molecule has 2 heteroatoms. The summed E-state index contributed by atoms with van der Waals surface area (Å²) >= 11 is 0. The van der Waals surface area contributed by atoms with Crippen molar-refractivity contribution in [2.45, 2.75) is 6.92 Å². The third-order valence-electron chi connectivity index (χ3n) is 8.32. The second-order valence-electron chi connectivity index (χ2n) is 10.7. The Balaban J connectivity index is 1.52. The molecule has 0 radical (unpaired) electrons. The molecule has 8 aromatic rings. The van der Waals surface area contributed by atoms with Gasteiger partial charge in [-0.3, -0.25) is 0 Å². The highest BCUT2D eigenvalue weighted by Gasteiger charge is 2.18. The minimum atomic E-state index is 0.974. The summed E-state index contributed by atoms with van der Waals surface area (Å²) in [6, 6.07) is 46.5. The van der Waals surface area contributed by atoms with E-state index in [9.17, 15) is 0 Å². The normalized spacial score (nSPS) is 11.5. The van der Waals surface area contributed by atoms with Crippen molar-refractivity contribution in [2.75, 3.05) is 0 Å². The van der Waals surface area contributed by atoms with Gasteiger partial charge in [-0.05, 0) is 96.0 Å². The lowest BCUT2D eigenvalue weighted by Gasteiger charge is -2.19. The zero-order chi connectivity index (χ0) is 27.3. The first kappa shape index (κ1) is 23.5. The zero-order valence-corrected chi connectivity index (χ0v) is 22.7. The largest absolute Gasteiger partial charge is 0.244 e. The first-order valence-corrected chi connectivity index (χ1v) is 14.0. The van der Waals surface area contributed by atoms with E-state index in [4.69, 9.17) is 0 Å². The second-order valence-corrected chi connectivity index (χ2v) is 10.7. The van der Waals surface area contributed by atoms with Crippen LogP contribution < -0.4 is 0 Å². The molecule has 8 rings (SSSR count). The van der Waals surface area contributed by atoms with Crippen molar-refractivity contribution in [1.29, 1.82) is 0 Å². The molecule has 1 aromatic heterocycles. The Morgan fingerprint density at radius 3 is 1.56 bits per heavy atom. The minimum absolute atomic E-state index is 0.974. The summed E-state index contributed by atoms with van der Waals surface area (Å²) in [5.74, 6) is 0. The van der Waals surface area contributed by atoms with Gasteiger partial charge in [0, 0.05) is 17.5 Å². The predicted molar refractivity (Wildman–Crippen MR) is 173 cm³/mol. The first-order valence-electron chi connectivity index (χ1n) is 14.0. The van der Waals surface area contributed by atoms with Gasteiger partial charge in [-0.2, -0.15) is 0 Å². The summed E-state index contributed by atoms with van der Waals surface area (Å²) in [6.45, 7) is 2.05. The maximum atomic E-state index is 4.48. The lowest BCUT2D eigenvalue weighted by molar-refractivity contribution is 1.11. The van der Waals surface area contributed by atoms with E-state index in [1.807, 2.05) is 13.1 Å². The Bertz CT molecular complexity index is 2280. The molecule has 0 atom stereocenters. The van der Waals surface area contributed by atoms with Gasteiger partial charge >= 0.3 is 0 Å². The molecule has 7 aromatic carbocycles. The molecule has 41 heavy (non-hydrogen) atoms. The van der Waals surface area contributed by atoms with Crippen LogP contribution in [-0.4, -0.2) is 9.97 Å². The predicted octanol–water partition coefficient (Wildman–Crippen LogP) is 10.4. The van der Waals surface area contributed by atoms with Gasteiger partial charge in [0.15, 0.2) is 0 Å². The van der Waals surface area contributed by atoms with Crippen LogP contribution in [0.4, 0.5) is 0 Å². The van der Waals surface area contributed by atoms with E-state index in [1.165, 1.54) is 65.3 Å². The molecule has 0 aliphatic carbocycles. The Hall–Kier alpha value is -5.34. The fourth-order valence-electron chi connectivity index (χ4n) is 6.33. The van der Waals surface area contributed by atoms with Crippen molar-refractivity contribution in [3.8, 4) is 33.4 Å². The number of hydrogen-bond acceptors (Lipinski definition) is 2. The van der Waals surface area contributed by atoms with Gasteiger partial charge in [-0.1, -0.05) is 109 Å². The Labute approximate surface area is 238 Å². The van der Waals surface area contributed by atoms with Crippen LogP contribution >= 0.6 is 0 Å². The summed E-state index contributed by atoms with van der Waals surface area (Å²) in [5.41, 5.74) is 8.11. The van der Waals surface area contributed by atoms with E-state index >= 15 is 0 Å². The van der Waals surface area contributed by atoms with Crippen LogP contribution in [-0.2, 0) is 0 Å². The van der Waals surface area contributed by atoms with E-state index in [0.717, 1.165) is 16.8 Å². The van der Waals surface area contributed by atoms with Crippen LogP contribution in [0.1, 0.15) is 5.69 Å². The van der Waals surface area contributed by atoms with Gasteiger partial charge in [0.1, 0.15) is 6.33 Å². The van der Waals surface area contributed by atoms with Crippen LogP contribution in [0.15, 0.2) is 140 Å². The molecule has 0 aliphatic heterocycles. The lowest BCUT2D eigenvalue weighted by Crippen LogP contribution is -1.93. The Morgan fingerprint density at radius 2 is 0.951 bits per heavy atom. The van der Waals surface area contributed by atoms with Crippen LogP contribution in [0.2, 0.25) is 0 Å². The summed E-state index contributed by atoms with van der Waals surface area (Å²) in [5, 5.41) is 9.94. The van der Waals surface area contributed by atoms with Crippen LogP contribution in [0.25, 0.3) is 76.5 Å².